The number of nitrogens with two attached hydrogens (primary N) is 1. The molecule has 1 amide bonds. The molecule has 1 saturated carbocycles. The van der Waals surface area contributed by atoms with Gasteiger partial charge in [-0.25, -0.2) is 0 Å². The van der Waals surface area contributed by atoms with Crippen LogP contribution in [0.3, 0.4) is 0 Å². The Bertz CT molecular complexity index is 280. The lowest BCUT2D eigenvalue weighted by molar-refractivity contribution is -0.135. The van der Waals surface area contributed by atoms with Crippen molar-refractivity contribution in [1.29, 1.82) is 0 Å². The fourth-order valence-corrected chi connectivity index (χ4v) is 3.56. The Morgan fingerprint density at radius 1 is 1.28 bits per heavy atom. The molecule has 2 fully saturated rings. The molecule has 1 aliphatic heterocycles. The molecule has 2 rings (SSSR count). The Morgan fingerprint density at radius 3 is 2.22 bits per heavy atom. The molecular weight excluding hydrogens is 248 g/mol. The van der Waals surface area contributed by atoms with Crippen LogP contribution in [0, 0.1) is 11.8 Å². The highest BCUT2D eigenvalue weighted by Gasteiger charge is 2.40. The van der Waals surface area contributed by atoms with E-state index < -0.39 is 5.54 Å². The van der Waals surface area contributed by atoms with E-state index in [0.29, 0.717) is 0 Å². The predicted octanol–water partition coefficient (Wildman–Crippen LogP) is 2.57. The first kappa shape index (κ1) is 15.8. The highest BCUT2D eigenvalue weighted by atomic mass is 35.5. The van der Waals surface area contributed by atoms with Crippen molar-refractivity contribution in [2.45, 2.75) is 57.9 Å². The minimum absolute atomic E-state index is 0. The average molecular weight is 275 g/mol. The van der Waals surface area contributed by atoms with Crippen molar-refractivity contribution in [2.24, 2.45) is 17.6 Å². The fourth-order valence-electron chi connectivity index (χ4n) is 3.56. The minimum atomic E-state index is -0.651. The third-order valence-corrected chi connectivity index (χ3v) is 4.52. The van der Waals surface area contributed by atoms with Gasteiger partial charge in [-0.15, -0.1) is 12.4 Å². The second kappa shape index (κ2) is 6.25. The number of hydrogen-bond acceptors (Lipinski definition) is 2. The fraction of sp³-hybridized carbons (Fsp3) is 0.929. The van der Waals surface area contributed by atoms with E-state index >= 15 is 0 Å². The molecule has 18 heavy (non-hydrogen) atoms. The van der Waals surface area contributed by atoms with Crippen LogP contribution in [0.15, 0.2) is 0 Å². The number of amides is 1. The van der Waals surface area contributed by atoms with Gasteiger partial charge in [-0.1, -0.05) is 26.2 Å². The van der Waals surface area contributed by atoms with Gasteiger partial charge in [-0.05, 0) is 38.0 Å². The van der Waals surface area contributed by atoms with Crippen LogP contribution in [0.5, 0.6) is 0 Å². The largest absolute Gasteiger partial charge is 0.341 e. The molecule has 3 atom stereocenters. The van der Waals surface area contributed by atoms with Gasteiger partial charge in [-0.3, -0.25) is 4.79 Å². The zero-order chi connectivity index (χ0) is 12.5. The number of carbonyl (C=O) groups is 1. The number of carbonyl (C=O) groups excluding carboxylic acids is 1. The van der Waals surface area contributed by atoms with E-state index in [1.807, 2.05) is 11.8 Å². The predicted molar refractivity (Wildman–Crippen MR) is 76.8 cm³/mol. The van der Waals surface area contributed by atoms with Crippen LogP contribution in [0.25, 0.3) is 0 Å². The zero-order valence-corrected chi connectivity index (χ0v) is 12.5. The SMILES string of the molecule is CCCC(C)(N)C(=O)N1CC2CCCCC2C1.Cl. The van der Waals surface area contributed by atoms with E-state index in [1.165, 1.54) is 25.7 Å². The van der Waals surface area contributed by atoms with Gasteiger partial charge < -0.3 is 10.6 Å². The molecule has 2 N–H and O–H groups in total. The van der Waals surface area contributed by atoms with Crippen molar-refractivity contribution in [3.8, 4) is 0 Å². The number of nitrogens with zero attached hydrogens (tertiary/aromatic N) is 1. The van der Waals surface area contributed by atoms with Crippen molar-refractivity contribution in [3.05, 3.63) is 0 Å². The summed E-state index contributed by atoms with van der Waals surface area (Å²) in [5, 5.41) is 0. The molecule has 106 valence electrons. The molecule has 0 bridgehead atoms. The summed E-state index contributed by atoms with van der Waals surface area (Å²) in [6.45, 7) is 5.89. The van der Waals surface area contributed by atoms with Gasteiger partial charge in [-0.2, -0.15) is 0 Å². The second-order valence-corrected chi connectivity index (χ2v) is 6.18. The maximum absolute atomic E-state index is 12.4. The van der Waals surface area contributed by atoms with Crippen molar-refractivity contribution in [2.75, 3.05) is 13.1 Å². The summed E-state index contributed by atoms with van der Waals surface area (Å²) in [4.78, 5) is 14.4. The average Bonchev–Trinajstić information content (AvgIpc) is 2.71. The Kier molecular flexibility index (Phi) is 5.47. The van der Waals surface area contributed by atoms with Crippen LogP contribution >= 0.6 is 12.4 Å². The Hall–Kier alpha value is -0.280. The van der Waals surface area contributed by atoms with E-state index in [1.54, 1.807) is 0 Å². The second-order valence-electron chi connectivity index (χ2n) is 6.18. The third kappa shape index (κ3) is 3.18. The number of fused-ring (bicyclic) bond motifs is 1. The number of halogens is 1. The Morgan fingerprint density at radius 2 is 1.78 bits per heavy atom. The summed E-state index contributed by atoms with van der Waals surface area (Å²) in [6, 6.07) is 0. The molecule has 0 aromatic heterocycles. The van der Waals surface area contributed by atoms with E-state index in [-0.39, 0.29) is 18.3 Å². The van der Waals surface area contributed by atoms with E-state index in [4.69, 9.17) is 5.73 Å². The van der Waals surface area contributed by atoms with E-state index in [2.05, 4.69) is 6.92 Å². The van der Waals surface area contributed by atoms with Gasteiger partial charge in [0.25, 0.3) is 0 Å². The summed E-state index contributed by atoms with van der Waals surface area (Å²) < 4.78 is 0. The summed E-state index contributed by atoms with van der Waals surface area (Å²) in [5.41, 5.74) is 5.50. The number of hydrogen-bond donors (Lipinski definition) is 1. The molecule has 3 unspecified atom stereocenters. The Balaban J connectivity index is 0.00000162. The maximum Gasteiger partial charge on any atom is 0.242 e. The van der Waals surface area contributed by atoms with Crippen molar-refractivity contribution in [1.82, 2.24) is 4.90 Å². The minimum Gasteiger partial charge on any atom is -0.341 e. The molecule has 4 heteroatoms. The molecule has 0 radical (unpaired) electrons. The van der Waals surface area contributed by atoms with Crippen LogP contribution in [-0.4, -0.2) is 29.4 Å². The lowest BCUT2D eigenvalue weighted by Crippen LogP contribution is -2.52. The normalized spacial score (nSPS) is 30.3. The lowest BCUT2D eigenvalue weighted by Gasteiger charge is -2.29. The molecule has 0 aromatic rings. The molecule has 0 aromatic carbocycles. The Labute approximate surface area is 117 Å². The molecule has 1 aliphatic carbocycles. The molecule has 1 saturated heterocycles. The van der Waals surface area contributed by atoms with Gasteiger partial charge in [0.15, 0.2) is 0 Å². The highest BCUT2D eigenvalue weighted by molar-refractivity contribution is 5.86. The van der Waals surface area contributed by atoms with Crippen molar-refractivity contribution in [3.63, 3.8) is 0 Å². The van der Waals surface area contributed by atoms with E-state index in [9.17, 15) is 4.79 Å². The summed E-state index contributed by atoms with van der Waals surface area (Å²) in [5.74, 6) is 1.68. The quantitative estimate of drug-likeness (QED) is 0.860. The monoisotopic (exact) mass is 274 g/mol. The third-order valence-electron chi connectivity index (χ3n) is 4.52. The molecular formula is C14H27ClN2O. The molecule has 3 nitrogen and oxygen atoms in total. The van der Waals surface area contributed by atoms with Crippen LogP contribution < -0.4 is 5.73 Å². The van der Waals surface area contributed by atoms with Crippen molar-refractivity contribution < 1.29 is 4.79 Å². The summed E-state index contributed by atoms with van der Waals surface area (Å²) >= 11 is 0. The zero-order valence-electron chi connectivity index (χ0n) is 11.7. The topological polar surface area (TPSA) is 46.3 Å². The number of rotatable bonds is 3. The maximum atomic E-state index is 12.4. The van der Waals surface area contributed by atoms with Crippen LogP contribution in [0.1, 0.15) is 52.4 Å². The van der Waals surface area contributed by atoms with Gasteiger partial charge in [0.05, 0.1) is 5.54 Å². The standard InChI is InChI=1S/C14H26N2O.ClH/c1-3-8-14(2,15)13(17)16-9-11-6-4-5-7-12(11)10-16;/h11-12H,3-10,15H2,1-2H3;1H. The smallest absolute Gasteiger partial charge is 0.242 e. The van der Waals surface area contributed by atoms with Crippen molar-refractivity contribution >= 4 is 18.3 Å². The molecule has 0 spiro atoms. The highest BCUT2D eigenvalue weighted by Crippen LogP contribution is 2.36. The van der Waals surface area contributed by atoms with Gasteiger partial charge in [0, 0.05) is 13.1 Å². The summed E-state index contributed by atoms with van der Waals surface area (Å²) in [7, 11) is 0. The van der Waals surface area contributed by atoms with Crippen LogP contribution in [0.4, 0.5) is 0 Å². The van der Waals surface area contributed by atoms with E-state index in [0.717, 1.165) is 37.8 Å². The van der Waals surface area contributed by atoms with Gasteiger partial charge in [0.1, 0.15) is 0 Å². The summed E-state index contributed by atoms with van der Waals surface area (Å²) in [6.07, 6.45) is 7.07. The van der Waals surface area contributed by atoms with Gasteiger partial charge >= 0.3 is 0 Å². The first-order valence-corrected chi connectivity index (χ1v) is 7.13. The number of likely N-dealkylation sites (tertiary alicyclic amines) is 1. The lowest BCUT2D eigenvalue weighted by atomic mass is 9.82. The van der Waals surface area contributed by atoms with Gasteiger partial charge in [0.2, 0.25) is 5.91 Å². The first-order valence-electron chi connectivity index (χ1n) is 7.13. The molecule has 2 aliphatic rings. The van der Waals surface area contributed by atoms with Crippen LogP contribution in [0.2, 0.25) is 0 Å². The van der Waals surface area contributed by atoms with Crippen LogP contribution in [-0.2, 0) is 4.79 Å². The first-order chi connectivity index (χ1) is 8.04. The molecule has 1 heterocycles.